The predicted octanol–water partition coefficient (Wildman–Crippen LogP) is 7.09. The Balaban J connectivity index is 1.38. The van der Waals surface area contributed by atoms with Gasteiger partial charge in [-0.15, -0.1) is 0 Å². The average molecular weight is 584 g/mol. The SMILES string of the molecule is O=C(c1ccc(Cl)c(Cl)c1)N(CC(=O)N1CCCCC1c1nc(-c2ccc(Cl)cc2)no1)Cc1ccccc1. The van der Waals surface area contributed by atoms with E-state index < -0.39 is 0 Å². The average Bonchev–Trinajstić information content (AvgIpc) is 3.45. The van der Waals surface area contributed by atoms with Gasteiger partial charge in [0.25, 0.3) is 5.91 Å². The summed E-state index contributed by atoms with van der Waals surface area (Å²) in [6.45, 7) is 0.663. The maximum atomic E-state index is 13.7. The third-order valence-electron chi connectivity index (χ3n) is 6.65. The van der Waals surface area contributed by atoms with Crippen LogP contribution < -0.4 is 0 Å². The molecule has 1 unspecified atom stereocenters. The van der Waals surface area contributed by atoms with Crippen molar-refractivity contribution < 1.29 is 14.1 Å². The number of hydrogen-bond donors (Lipinski definition) is 0. The zero-order chi connectivity index (χ0) is 27.4. The minimum absolute atomic E-state index is 0.122. The molecule has 10 heteroatoms. The van der Waals surface area contributed by atoms with E-state index in [0.717, 1.165) is 24.0 Å². The summed E-state index contributed by atoms with van der Waals surface area (Å²) < 4.78 is 5.62. The standard InChI is InChI=1S/C29H25Cl3N4O3/c30-22-12-9-20(10-13-22)27-33-28(39-34-27)25-8-4-5-15-36(25)26(37)18-35(17-19-6-2-1-3-7-19)29(38)21-11-14-23(31)24(32)16-21/h1-3,6-7,9-14,16,25H,4-5,8,15,17-18H2. The quantitative estimate of drug-likeness (QED) is 0.232. The lowest BCUT2D eigenvalue weighted by Gasteiger charge is -2.35. The summed E-state index contributed by atoms with van der Waals surface area (Å²) >= 11 is 18.2. The molecule has 1 aliphatic rings. The second kappa shape index (κ2) is 12.2. The first kappa shape index (κ1) is 27.2. The number of rotatable bonds is 7. The Morgan fingerprint density at radius 1 is 0.949 bits per heavy atom. The number of carbonyl (C=O) groups excluding carboxylic acids is 2. The van der Waals surface area contributed by atoms with Crippen LogP contribution in [0, 0.1) is 0 Å². The molecule has 2 amide bonds. The van der Waals surface area contributed by atoms with Crippen LogP contribution in [0.3, 0.4) is 0 Å². The van der Waals surface area contributed by atoms with Gasteiger partial charge in [0.1, 0.15) is 12.6 Å². The van der Waals surface area contributed by atoms with Crippen LogP contribution in [-0.2, 0) is 11.3 Å². The van der Waals surface area contributed by atoms with E-state index >= 15 is 0 Å². The van der Waals surface area contributed by atoms with Gasteiger partial charge in [-0.1, -0.05) is 70.3 Å². The van der Waals surface area contributed by atoms with Gasteiger partial charge < -0.3 is 14.3 Å². The monoisotopic (exact) mass is 582 g/mol. The van der Waals surface area contributed by atoms with Crippen molar-refractivity contribution >= 4 is 46.6 Å². The van der Waals surface area contributed by atoms with E-state index in [-0.39, 0.29) is 36.0 Å². The number of halogens is 3. The van der Waals surface area contributed by atoms with E-state index in [9.17, 15) is 9.59 Å². The molecule has 0 radical (unpaired) electrons. The second-order valence-electron chi connectivity index (χ2n) is 9.34. The van der Waals surface area contributed by atoms with Crippen molar-refractivity contribution in [2.24, 2.45) is 0 Å². The van der Waals surface area contributed by atoms with Gasteiger partial charge in [-0.25, -0.2) is 0 Å². The van der Waals surface area contributed by atoms with Crippen LogP contribution in [0.1, 0.15) is 47.1 Å². The number of nitrogens with zero attached hydrogens (tertiary/aromatic N) is 4. The fourth-order valence-corrected chi connectivity index (χ4v) is 5.07. The highest BCUT2D eigenvalue weighted by molar-refractivity contribution is 6.42. The summed E-state index contributed by atoms with van der Waals surface area (Å²) in [5, 5.41) is 5.37. The Morgan fingerprint density at radius 3 is 2.46 bits per heavy atom. The molecule has 0 spiro atoms. The summed E-state index contributed by atoms with van der Waals surface area (Å²) in [6.07, 6.45) is 2.45. The molecule has 0 saturated carbocycles. The molecule has 7 nitrogen and oxygen atoms in total. The fraction of sp³-hybridized carbons (Fsp3) is 0.241. The van der Waals surface area contributed by atoms with Gasteiger partial charge in [0.05, 0.1) is 10.0 Å². The molecular formula is C29H25Cl3N4O3. The number of carbonyl (C=O) groups is 2. The molecule has 5 rings (SSSR count). The van der Waals surface area contributed by atoms with Crippen molar-refractivity contribution in [2.75, 3.05) is 13.1 Å². The molecular weight excluding hydrogens is 559 g/mol. The Kier molecular flexibility index (Phi) is 8.50. The molecule has 4 aromatic rings. The second-order valence-corrected chi connectivity index (χ2v) is 10.6. The van der Waals surface area contributed by atoms with Gasteiger partial charge in [-0.3, -0.25) is 9.59 Å². The lowest BCUT2D eigenvalue weighted by molar-refractivity contribution is -0.136. The van der Waals surface area contributed by atoms with Crippen molar-refractivity contribution in [1.29, 1.82) is 0 Å². The normalized spacial score (nSPS) is 15.3. The third kappa shape index (κ3) is 6.44. The molecule has 0 bridgehead atoms. The molecule has 39 heavy (non-hydrogen) atoms. The molecule has 3 aromatic carbocycles. The van der Waals surface area contributed by atoms with Gasteiger partial charge in [-0.2, -0.15) is 4.98 Å². The first-order valence-electron chi connectivity index (χ1n) is 12.6. The van der Waals surface area contributed by atoms with E-state index in [2.05, 4.69) is 10.1 Å². The topological polar surface area (TPSA) is 79.5 Å². The number of piperidine rings is 1. The van der Waals surface area contributed by atoms with Crippen LogP contribution in [0.5, 0.6) is 0 Å². The minimum atomic E-state index is -0.376. The molecule has 1 saturated heterocycles. The largest absolute Gasteiger partial charge is 0.337 e. The summed E-state index contributed by atoms with van der Waals surface area (Å²) in [7, 11) is 0. The van der Waals surface area contributed by atoms with Gasteiger partial charge in [-0.05, 0) is 67.3 Å². The van der Waals surface area contributed by atoms with Crippen LogP contribution in [-0.4, -0.2) is 44.8 Å². The summed E-state index contributed by atoms with van der Waals surface area (Å²) in [5.41, 5.74) is 2.02. The minimum Gasteiger partial charge on any atom is -0.337 e. The molecule has 0 aliphatic carbocycles. The van der Waals surface area contributed by atoms with Crippen molar-refractivity contribution in [2.45, 2.75) is 31.8 Å². The molecule has 200 valence electrons. The predicted molar refractivity (Wildman–Crippen MR) is 151 cm³/mol. The zero-order valence-electron chi connectivity index (χ0n) is 20.9. The molecule has 2 heterocycles. The smallest absolute Gasteiger partial charge is 0.254 e. The number of benzene rings is 3. The van der Waals surface area contributed by atoms with Gasteiger partial charge in [0.2, 0.25) is 17.6 Å². The maximum absolute atomic E-state index is 13.7. The fourth-order valence-electron chi connectivity index (χ4n) is 4.64. The Morgan fingerprint density at radius 2 is 1.72 bits per heavy atom. The van der Waals surface area contributed by atoms with E-state index in [0.29, 0.717) is 40.3 Å². The van der Waals surface area contributed by atoms with E-state index in [1.165, 1.54) is 11.0 Å². The van der Waals surface area contributed by atoms with E-state index in [4.69, 9.17) is 39.3 Å². The van der Waals surface area contributed by atoms with E-state index in [1.54, 1.807) is 29.2 Å². The van der Waals surface area contributed by atoms with Gasteiger partial charge in [0.15, 0.2) is 0 Å². The molecule has 1 fully saturated rings. The summed E-state index contributed by atoms with van der Waals surface area (Å²) in [5.74, 6) is 0.288. The first-order chi connectivity index (χ1) is 18.9. The molecule has 0 N–H and O–H groups in total. The highest BCUT2D eigenvalue weighted by Gasteiger charge is 2.34. The maximum Gasteiger partial charge on any atom is 0.254 e. The van der Waals surface area contributed by atoms with Crippen LogP contribution in [0.15, 0.2) is 77.3 Å². The van der Waals surface area contributed by atoms with Crippen LogP contribution in [0.2, 0.25) is 15.1 Å². The summed E-state index contributed by atoms with van der Waals surface area (Å²) in [4.78, 5) is 35.2. The number of hydrogen-bond acceptors (Lipinski definition) is 5. The first-order valence-corrected chi connectivity index (χ1v) is 13.7. The van der Waals surface area contributed by atoms with Gasteiger partial charge in [0, 0.05) is 29.2 Å². The van der Waals surface area contributed by atoms with Crippen LogP contribution in [0.4, 0.5) is 0 Å². The van der Waals surface area contributed by atoms with Crippen molar-refractivity contribution in [1.82, 2.24) is 19.9 Å². The molecule has 1 atom stereocenters. The highest BCUT2D eigenvalue weighted by Crippen LogP contribution is 2.32. The number of amides is 2. The molecule has 1 aromatic heterocycles. The zero-order valence-corrected chi connectivity index (χ0v) is 23.2. The van der Waals surface area contributed by atoms with Crippen LogP contribution in [0.25, 0.3) is 11.4 Å². The van der Waals surface area contributed by atoms with Crippen LogP contribution >= 0.6 is 34.8 Å². The Bertz CT molecular complexity index is 1460. The Hall–Kier alpha value is -3.39. The summed E-state index contributed by atoms with van der Waals surface area (Å²) in [6, 6.07) is 21.0. The van der Waals surface area contributed by atoms with Crippen molar-refractivity contribution in [3.05, 3.63) is 105 Å². The number of likely N-dealkylation sites (tertiary alicyclic amines) is 1. The van der Waals surface area contributed by atoms with E-state index in [1.807, 2.05) is 42.5 Å². The van der Waals surface area contributed by atoms with Crippen molar-refractivity contribution in [3.8, 4) is 11.4 Å². The lowest BCUT2D eigenvalue weighted by atomic mass is 10.0. The van der Waals surface area contributed by atoms with Gasteiger partial charge >= 0.3 is 0 Å². The molecule has 1 aliphatic heterocycles. The lowest BCUT2D eigenvalue weighted by Crippen LogP contribution is -2.45. The third-order valence-corrected chi connectivity index (χ3v) is 7.64. The van der Waals surface area contributed by atoms with Crippen molar-refractivity contribution in [3.63, 3.8) is 0 Å². The highest BCUT2D eigenvalue weighted by atomic mass is 35.5. The number of aromatic nitrogens is 2. The Labute approximate surface area is 241 Å².